The van der Waals surface area contributed by atoms with Gasteiger partial charge in [-0.2, -0.15) is 0 Å². The van der Waals surface area contributed by atoms with Crippen molar-refractivity contribution in [2.45, 2.75) is 25.7 Å². The zero-order valence-electron chi connectivity index (χ0n) is 14.1. The Bertz CT molecular complexity index is 755. The summed E-state index contributed by atoms with van der Waals surface area (Å²) in [5.41, 5.74) is 0.762. The molecule has 1 aromatic heterocycles. The summed E-state index contributed by atoms with van der Waals surface area (Å²) >= 11 is 0. The van der Waals surface area contributed by atoms with Crippen LogP contribution in [0.15, 0.2) is 47.2 Å². The van der Waals surface area contributed by atoms with E-state index in [0.717, 1.165) is 37.9 Å². The quantitative estimate of drug-likeness (QED) is 0.844. The van der Waals surface area contributed by atoms with E-state index in [-0.39, 0.29) is 11.8 Å². The van der Waals surface area contributed by atoms with Gasteiger partial charge in [0.25, 0.3) is 5.91 Å². The summed E-state index contributed by atoms with van der Waals surface area (Å²) in [6, 6.07) is 11.4. The molecule has 2 amide bonds. The number of aromatic nitrogens is 1. The molecule has 0 radical (unpaired) electrons. The third-order valence-electron chi connectivity index (χ3n) is 5.32. The van der Waals surface area contributed by atoms with Gasteiger partial charge in [-0.3, -0.25) is 9.59 Å². The smallest absolute Gasteiger partial charge is 0.276 e. The van der Waals surface area contributed by atoms with Gasteiger partial charge in [0.05, 0.1) is 5.41 Å². The van der Waals surface area contributed by atoms with E-state index in [1.807, 2.05) is 35.2 Å². The summed E-state index contributed by atoms with van der Waals surface area (Å²) in [4.78, 5) is 29.6. The maximum absolute atomic E-state index is 13.3. The van der Waals surface area contributed by atoms with Gasteiger partial charge in [0.1, 0.15) is 6.26 Å². The molecule has 1 spiro atoms. The fourth-order valence-corrected chi connectivity index (χ4v) is 4.09. The Morgan fingerprint density at radius 2 is 1.84 bits per heavy atom. The fraction of sp³-hybridized carbons (Fsp3) is 0.421. The molecule has 2 aromatic rings. The van der Waals surface area contributed by atoms with Crippen molar-refractivity contribution >= 4 is 17.5 Å². The lowest BCUT2D eigenvalue weighted by molar-refractivity contribution is -0.133. The van der Waals surface area contributed by atoms with Gasteiger partial charge in [0, 0.05) is 31.4 Å². The number of carbonyl (C=O) groups is 2. The summed E-state index contributed by atoms with van der Waals surface area (Å²) in [7, 11) is 0. The number of piperidine rings is 2. The Balaban J connectivity index is 1.58. The lowest BCUT2D eigenvalue weighted by atomic mass is 9.72. The van der Waals surface area contributed by atoms with Gasteiger partial charge in [-0.15, -0.1) is 0 Å². The predicted molar refractivity (Wildman–Crippen MR) is 92.1 cm³/mol. The molecule has 2 fully saturated rings. The average Bonchev–Trinajstić information content (AvgIpc) is 3.19. The van der Waals surface area contributed by atoms with E-state index in [4.69, 9.17) is 4.52 Å². The molecule has 6 nitrogen and oxygen atoms in total. The first-order chi connectivity index (χ1) is 12.2. The Kier molecular flexibility index (Phi) is 4.03. The van der Waals surface area contributed by atoms with Crippen LogP contribution in [0.5, 0.6) is 0 Å². The molecule has 25 heavy (non-hydrogen) atoms. The van der Waals surface area contributed by atoms with Crippen LogP contribution in [0.25, 0.3) is 0 Å². The highest BCUT2D eigenvalue weighted by molar-refractivity contribution is 5.99. The second-order valence-corrected chi connectivity index (χ2v) is 6.89. The normalized spacial score (nSPS) is 23.9. The molecule has 4 rings (SSSR count). The number of anilines is 1. The van der Waals surface area contributed by atoms with E-state index in [1.54, 1.807) is 11.0 Å². The summed E-state index contributed by atoms with van der Waals surface area (Å²) in [6.07, 6.45) is 4.84. The fourth-order valence-electron chi connectivity index (χ4n) is 4.09. The van der Waals surface area contributed by atoms with Crippen LogP contribution in [0.2, 0.25) is 0 Å². The summed E-state index contributed by atoms with van der Waals surface area (Å²) < 4.78 is 4.79. The van der Waals surface area contributed by atoms with Crippen LogP contribution in [-0.2, 0) is 4.79 Å². The van der Waals surface area contributed by atoms with Crippen LogP contribution < -0.4 is 4.90 Å². The highest BCUT2D eigenvalue weighted by Gasteiger charge is 2.47. The van der Waals surface area contributed by atoms with Crippen molar-refractivity contribution in [2.24, 2.45) is 5.41 Å². The Labute approximate surface area is 146 Å². The second kappa shape index (κ2) is 6.35. The third-order valence-corrected chi connectivity index (χ3v) is 5.32. The van der Waals surface area contributed by atoms with Crippen LogP contribution in [-0.4, -0.2) is 41.5 Å². The molecule has 0 bridgehead atoms. The monoisotopic (exact) mass is 339 g/mol. The average molecular weight is 339 g/mol. The lowest BCUT2D eigenvalue weighted by Crippen LogP contribution is -2.57. The van der Waals surface area contributed by atoms with Crippen molar-refractivity contribution in [3.8, 4) is 0 Å². The van der Waals surface area contributed by atoms with Crippen molar-refractivity contribution in [3.63, 3.8) is 0 Å². The van der Waals surface area contributed by atoms with Crippen LogP contribution in [0, 0.1) is 5.41 Å². The van der Waals surface area contributed by atoms with Gasteiger partial charge >= 0.3 is 0 Å². The van der Waals surface area contributed by atoms with Crippen molar-refractivity contribution in [2.75, 3.05) is 24.5 Å². The SMILES string of the molecule is O=C(c1ccon1)N1CCCC2(CCCN(c3ccccc3)C2=O)C1. The van der Waals surface area contributed by atoms with Crippen LogP contribution in [0.1, 0.15) is 36.2 Å². The predicted octanol–water partition coefficient (Wildman–Crippen LogP) is 2.72. The molecule has 0 saturated carbocycles. The van der Waals surface area contributed by atoms with Gasteiger partial charge in [-0.25, -0.2) is 0 Å². The number of rotatable bonds is 2. The van der Waals surface area contributed by atoms with E-state index < -0.39 is 5.41 Å². The standard InChI is InChI=1S/C19H21N3O3/c23-17(16-8-13-25-20-16)21-11-4-9-19(14-21)10-5-12-22(18(19)24)15-6-2-1-3-7-15/h1-3,6-8,13H,4-5,9-12,14H2. The largest absolute Gasteiger partial charge is 0.364 e. The maximum Gasteiger partial charge on any atom is 0.276 e. The molecule has 1 unspecified atom stereocenters. The minimum atomic E-state index is -0.480. The Hall–Kier alpha value is -2.63. The molecule has 2 aliphatic heterocycles. The molecular weight excluding hydrogens is 318 g/mol. The van der Waals surface area contributed by atoms with Crippen molar-refractivity contribution in [1.29, 1.82) is 0 Å². The topological polar surface area (TPSA) is 66.7 Å². The minimum absolute atomic E-state index is 0.141. The summed E-state index contributed by atoms with van der Waals surface area (Å²) in [5.74, 6) is -0.0138. The van der Waals surface area contributed by atoms with Crippen molar-refractivity contribution in [3.05, 3.63) is 48.4 Å². The molecular formula is C19H21N3O3. The summed E-state index contributed by atoms with van der Waals surface area (Å²) in [6.45, 7) is 1.86. The number of nitrogens with zero attached hydrogens (tertiary/aromatic N) is 3. The maximum atomic E-state index is 13.3. The number of benzene rings is 1. The third kappa shape index (κ3) is 2.81. The number of hydrogen-bond donors (Lipinski definition) is 0. The number of amides is 2. The zero-order valence-corrected chi connectivity index (χ0v) is 14.1. The van der Waals surface area contributed by atoms with Crippen LogP contribution in [0.4, 0.5) is 5.69 Å². The van der Waals surface area contributed by atoms with Gasteiger partial charge in [0.2, 0.25) is 5.91 Å². The highest BCUT2D eigenvalue weighted by Crippen LogP contribution is 2.41. The first-order valence-electron chi connectivity index (χ1n) is 8.76. The molecule has 6 heteroatoms. The Morgan fingerprint density at radius 3 is 2.56 bits per heavy atom. The van der Waals surface area contributed by atoms with Crippen molar-refractivity contribution in [1.82, 2.24) is 10.1 Å². The van der Waals surface area contributed by atoms with Gasteiger partial charge in [-0.1, -0.05) is 23.4 Å². The number of likely N-dealkylation sites (tertiary alicyclic amines) is 1. The molecule has 1 atom stereocenters. The Morgan fingerprint density at radius 1 is 1.08 bits per heavy atom. The molecule has 2 saturated heterocycles. The summed E-state index contributed by atoms with van der Waals surface area (Å²) in [5, 5.41) is 3.74. The van der Waals surface area contributed by atoms with E-state index in [2.05, 4.69) is 5.16 Å². The highest BCUT2D eigenvalue weighted by atomic mass is 16.5. The minimum Gasteiger partial charge on any atom is -0.364 e. The van der Waals surface area contributed by atoms with E-state index in [0.29, 0.717) is 18.8 Å². The van der Waals surface area contributed by atoms with Gasteiger partial charge < -0.3 is 14.3 Å². The molecule has 2 aliphatic rings. The van der Waals surface area contributed by atoms with Crippen molar-refractivity contribution < 1.29 is 14.1 Å². The van der Waals surface area contributed by atoms with Gasteiger partial charge in [-0.05, 0) is 37.8 Å². The molecule has 1 aromatic carbocycles. The molecule has 0 aliphatic carbocycles. The number of para-hydroxylation sites is 1. The van der Waals surface area contributed by atoms with Gasteiger partial charge in [0.15, 0.2) is 5.69 Å². The van der Waals surface area contributed by atoms with Crippen LogP contribution >= 0.6 is 0 Å². The first-order valence-corrected chi connectivity index (χ1v) is 8.76. The second-order valence-electron chi connectivity index (χ2n) is 6.89. The number of hydrogen-bond acceptors (Lipinski definition) is 4. The molecule has 3 heterocycles. The molecule has 130 valence electrons. The zero-order chi connectivity index (χ0) is 17.3. The lowest BCUT2D eigenvalue weighted by Gasteiger charge is -2.47. The van der Waals surface area contributed by atoms with E-state index in [1.165, 1.54) is 6.26 Å². The molecule has 0 N–H and O–H groups in total. The van der Waals surface area contributed by atoms with Crippen LogP contribution in [0.3, 0.4) is 0 Å². The first kappa shape index (κ1) is 15.9. The van der Waals surface area contributed by atoms with E-state index in [9.17, 15) is 9.59 Å². The van der Waals surface area contributed by atoms with E-state index >= 15 is 0 Å². The number of carbonyl (C=O) groups excluding carboxylic acids is 2.